The largest absolute Gasteiger partial charge is 0.609 e. The van der Waals surface area contributed by atoms with E-state index in [0.717, 1.165) is 0 Å². The molecule has 90 valence electrons. The van der Waals surface area contributed by atoms with E-state index in [1.54, 1.807) is 6.08 Å². The fourth-order valence-corrected chi connectivity index (χ4v) is 2.36. The van der Waals surface area contributed by atoms with Crippen LogP contribution in [0.3, 0.4) is 0 Å². The van der Waals surface area contributed by atoms with Crippen molar-refractivity contribution in [3.05, 3.63) is 32.9 Å². The van der Waals surface area contributed by atoms with Crippen LogP contribution in [0.25, 0.3) is 0 Å². The average Bonchev–Trinajstić information content (AvgIpc) is 2.26. The molecule has 2 atom stereocenters. The van der Waals surface area contributed by atoms with Crippen molar-refractivity contribution < 1.29 is 24.8 Å². The molecule has 0 bridgehead atoms. The molecular formula is C8H11NO6S. The van der Waals surface area contributed by atoms with Crippen molar-refractivity contribution in [3.8, 4) is 0 Å². The highest BCUT2D eigenvalue weighted by Crippen LogP contribution is 2.26. The molecule has 1 aliphatic rings. The Bertz CT molecular complexity index is 339. The minimum absolute atomic E-state index is 0.110. The Hall–Kier alpha value is -0.930. The van der Waals surface area contributed by atoms with Gasteiger partial charge in [0.15, 0.2) is 0 Å². The molecule has 0 radical (unpaired) electrons. The highest BCUT2D eigenvalue weighted by atomic mass is 32.2. The molecule has 7 nitrogen and oxygen atoms in total. The quantitative estimate of drug-likeness (QED) is 0.259. The van der Waals surface area contributed by atoms with Crippen molar-refractivity contribution in [2.75, 3.05) is 0 Å². The lowest BCUT2D eigenvalue weighted by Crippen LogP contribution is -2.35. The molecule has 16 heavy (non-hydrogen) atoms. The first-order valence-electron chi connectivity index (χ1n) is 4.44. The van der Waals surface area contributed by atoms with Crippen molar-refractivity contribution in [2.24, 2.45) is 0 Å². The van der Waals surface area contributed by atoms with Crippen molar-refractivity contribution >= 4 is 11.2 Å². The zero-order valence-electron chi connectivity index (χ0n) is 8.15. The summed E-state index contributed by atoms with van der Waals surface area (Å²) in [6, 6.07) is 0. The molecule has 0 aromatic carbocycles. The summed E-state index contributed by atoms with van der Waals surface area (Å²) in [7, 11) is 0. The third kappa shape index (κ3) is 2.80. The minimum Gasteiger partial charge on any atom is -0.609 e. The molecule has 0 saturated heterocycles. The molecule has 0 aromatic heterocycles. The number of aliphatic hydroxyl groups excluding tert-OH is 2. The van der Waals surface area contributed by atoms with Gasteiger partial charge in [-0.15, -0.1) is 0 Å². The smallest absolute Gasteiger partial charge is 0.300 e. The Kier molecular flexibility index (Phi) is 4.44. The monoisotopic (exact) mass is 249 g/mol. The lowest BCUT2D eigenvalue weighted by molar-refractivity contribution is -0.428. The van der Waals surface area contributed by atoms with Crippen LogP contribution < -0.4 is 0 Å². The fraction of sp³-hybridized carbons (Fsp3) is 0.500. The van der Waals surface area contributed by atoms with Gasteiger partial charge in [0.05, 0.1) is 4.92 Å². The second-order valence-electron chi connectivity index (χ2n) is 3.11. The standard InChI is InChI=1S/C8H11NO6S/c10-7(11)8(12)16(15)6-4-2-1-3-5(6)9(13)14/h2,4,7-8,10-12H,1,3H2. The van der Waals surface area contributed by atoms with Gasteiger partial charge in [0.25, 0.3) is 5.44 Å². The first-order chi connectivity index (χ1) is 7.45. The SMILES string of the molecule is O=[N+]([O-])C1=C([S+]([O-])C(O)C(O)O)C=CCC1. The van der Waals surface area contributed by atoms with Crippen molar-refractivity contribution in [2.45, 2.75) is 24.6 Å². The van der Waals surface area contributed by atoms with Gasteiger partial charge in [-0.3, -0.25) is 10.1 Å². The normalized spacial score (nSPS) is 20.1. The summed E-state index contributed by atoms with van der Waals surface area (Å²) in [5, 5.41) is 37.1. The van der Waals surface area contributed by atoms with Gasteiger partial charge in [-0.2, -0.15) is 0 Å². The maximum atomic E-state index is 11.6. The molecule has 2 unspecified atom stereocenters. The van der Waals surface area contributed by atoms with E-state index in [1.165, 1.54) is 6.08 Å². The van der Waals surface area contributed by atoms with Crippen LogP contribution in [0.1, 0.15) is 12.8 Å². The van der Waals surface area contributed by atoms with Crippen molar-refractivity contribution in [1.82, 2.24) is 0 Å². The summed E-state index contributed by atoms with van der Waals surface area (Å²) in [6.07, 6.45) is 1.21. The van der Waals surface area contributed by atoms with Gasteiger partial charge in [0, 0.05) is 17.6 Å². The van der Waals surface area contributed by atoms with Gasteiger partial charge in [0.1, 0.15) is 0 Å². The van der Waals surface area contributed by atoms with Gasteiger partial charge < -0.3 is 19.9 Å². The summed E-state index contributed by atoms with van der Waals surface area (Å²) in [6.45, 7) is 0. The number of hydrogen-bond donors (Lipinski definition) is 3. The van der Waals surface area contributed by atoms with Crippen LogP contribution in [0.5, 0.6) is 0 Å². The molecule has 0 aliphatic heterocycles. The Morgan fingerprint density at radius 3 is 2.56 bits per heavy atom. The number of nitro groups is 1. The van der Waals surface area contributed by atoms with Gasteiger partial charge in [-0.25, -0.2) is 0 Å². The molecule has 0 fully saturated rings. The molecule has 3 N–H and O–H groups in total. The Labute approximate surface area is 94.0 Å². The van der Waals surface area contributed by atoms with Crippen LogP contribution >= 0.6 is 0 Å². The van der Waals surface area contributed by atoms with Crippen LogP contribution in [0.4, 0.5) is 0 Å². The number of hydrogen-bond acceptors (Lipinski definition) is 6. The summed E-state index contributed by atoms with van der Waals surface area (Å²) < 4.78 is 11.6. The van der Waals surface area contributed by atoms with E-state index < -0.39 is 27.8 Å². The molecule has 1 rings (SSSR count). The third-order valence-corrected chi connectivity index (χ3v) is 3.50. The number of rotatable bonds is 4. The maximum absolute atomic E-state index is 11.6. The molecule has 1 aliphatic carbocycles. The Morgan fingerprint density at radius 2 is 2.06 bits per heavy atom. The summed E-state index contributed by atoms with van der Waals surface area (Å²) in [5.74, 6) is 0. The number of nitrogens with zero attached hydrogens (tertiary/aromatic N) is 1. The molecule has 8 heteroatoms. The molecular weight excluding hydrogens is 238 g/mol. The van der Waals surface area contributed by atoms with Crippen LogP contribution in [0.2, 0.25) is 0 Å². The van der Waals surface area contributed by atoms with Crippen LogP contribution in [0, 0.1) is 10.1 Å². The summed E-state index contributed by atoms with van der Waals surface area (Å²) >= 11 is -2.23. The van der Waals surface area contributed by atoms with E-state index >= 15 is 0 Å². The second-order valence-corrected chi connectivity index (χ2v) is 4.63. The predicted molar refractivity (Wildman–Crippen MR) is 54.8 cm³/mol. The Morgan fingerprint density at radius 1 is 1.44 bits per heavy atom. The molecule has 0 spiro atoms. The molecule has 0 heterocycles. The van der Waals surface area contributed by atoms with E-state index in [-0.39, 0.29) is 17.0 Å². The summed E-state index contributed by atoms with van der Waals surface area (Å²) in [5.41, 5.74) is -2.21. The van der Waals surface area contributed by atoms with E-state index in [0.29, 0.717) is 6.42 Å². The first kappa shape index (κ1) is 13.1. The zero-order chi connectivity index (χ0) is 12.3. The highest BCUT2D eigenvalue weighted by Gasteiger charge is 2.36. The first-order valence-corrected chi connectivity index (χ1v) is 5.65. The maximum Gasteiger partial charge on any atom is 0.300 e. The van der Waals surface area contributed by atoms with E-state index in [9.17, 15) is 14.7 Å². The van der Waals surface area contributed by atoms with Crippen LogP contribution in [-0.4, -0.2) is 36.5 Å². The van der Waals surface area contributed by atoms with Crippen LogP contribution in [0.15, 0.2) is 22.8 Å². The minimum atomic E-state index is -2.23. The highest BCUT2D eigenvalue weighted by molar-refractivity contribution is 7.95. The average molecular weight is 249 g/mol. The van der Waals surface area contributed by atoms with Crippen LogP contribution in [-0.2, 0) is 11.2 Å². The number of allylic oxidation sites excluding steroid dienone is 3. The summed E-state index contributed by atoms with van der Waals surface area (Å²) in [4.78, 5) is 9.79. The predicted octanol–water partition coefficient (Wildman–Crippen LogP) is -0.798. The van der Waals surface area contributed by atoms with Gasteiger partial charge >= 0.3 is 5.70 Å². The van der Waals surface area contributed by atoms with E-state index in [1.807, 2.05) is 0 Å². The topological polar surface area (TPSA) is 127 Å². The van der Waals surface area contributed by atoms with Gasteiger partial charge in [-0.05, 0) is 12.5 Å². The second kappa shape index (κ2) is 5.41. The molecule has 0 saturated carbocycles. The molecule has 0 aromatic rings. The fourth-order valence-electron chi connectivity index (χ4n) is 1.23. The third-order valence-electron chi connectivity index (χ3n) is 2.01. The zero-order valence-corrected chi connectivity index (χ0v) is 8.96. The van der Waals surface area contributed by atoms with Crippen molar-refractivity contribution in [1.29, 1.82) is 0 Å². The molecule has 0 amide bonds. The number of aliphatic hydroxyl groups is 3. The van der Waals surface area contributed by atoms with Crippen molar-refractivity contribution in [3.63, 3.8) is 0 Å². The van der Waals surface area contributed by atoms with E-state index in [4.69, 9.17) is 15.3 Å². The lowest BCUT2D eigenvalue weighted by atomic mass is 10.1. The van der Waals surface area contributed by atoms with E-state index in [2.05, 4.69) is 0 Å². The Balaban J connectivity index is 2.99. The van der Waals surface area contributed by atoms with Gasteiger partial charge in [0.2, 0.25) is 11.2 Å². The van der Waals surface area contributed by atoms with Gasteiger partial charge in [-0.1, -0.05) is 6.08 Å². The lowest BCUT2D eigenvalue weighted by Gasteiger charge is -2.19.